The summed E-state index contributed by atoms with van der Waals surface area (Å²) in [5.41, 5.74) is 3.24. The number of nitrogens with zero attached hydrogens (tertiary/aromatic N) is 2. The summed E-state index contributed by atoms with van der Waals surface area (Å²) in [7, 11) is 0. The molecule has 2 aliphatic rings. The monoisotopic (exact) mass is 368 g/mol. The van der Waals surface area contributed by atoms with Gasteiger partial charge in [-0.15, -0.1) is 0 Å². The minimum atomic E-state index is 0.467. The van der Waals surface area contributed by atoms with Crippen molar-refractivity contribution in [2.24, 2.45) is 5.92 Å². The van der Waals surface area contributed by atoms with Crippen molar-refractivity contribution in [3.8, 4) is 11.8 Å². The van der Waals surface area contributed by atoms with Gasteiger partial charge in [-0.05, 0) is 29.8 Å². The molecule has 2 heterocycles. The van der Waals surface area contributed by atoms with Crippen LogP contribution < -0.4 is 4.74 Å². The Morgan fingerprint density at radius 3 is 2.91 bits per heavy atom. The molecule has 1 saturated heterocycles. The fourth-order valence-corrected chi connectivity index (χ4v) is 4.12. The average Bonchev–Trinajstić information content (AvgIpc) is 2.99. The molecule has 2 unspecified atom stereocenters. The number of halogens is 1. The summed E-state index contributed by atoms with van der Waals surface area (Å²) in [6, 6.07) is 16.4. The first-order valence-electron chi connectivity index (χ1n) is 7.87. The lowest BCUT2D eigenvalue weighted by molar-refractivity contribution is 0.212. The molecule has 2 atom stereocenters. The Bertz CT molecular complexity index is 783. The second kappa shape index (κ2) is 5.99. The molecule has 3 nitrogen and oxygen atoms in total. The number of ether oxygens (including phenoxy) is 1. The molecular formula is C19H17BrN2O. The zero-order chi connectivity index (χ0) is 15.8. The molecule has 2 aromatic carbocycles. The first kappa shape index (κ1) is 14.7. The molecule has 0 amide bonds. The van der Waals surface area contributed by atoms with Crippen LogP contribution in [0.15, 0.2) is 46.9 Å². The molecule has 116 valence electrons. The topological polar surface area (TPSA) is 36.3 Å². The Hall–Kier alpha value is -1.83. The van der Waals surface area contributed by atoms with E-state index >= 15 is 0 Å². The van der Waals surface area contributed by atoms with Crippen LogP contribution in [0.25, 0.3) is 0 Å². The lowest BCUT2D eigenvalue weighted by Crippen LogP contribution is -2.25. The predicted octanol–water partition coefficient (Wildman–Crippen LogP) is 3.93. The maximum absolute atomic E-state index is 9.15. The van der Waals surface area contributed by atoms with E-state index < -0.39 is 0 Å². The maximum atomic E-state index is 9.15. The number of benzene rings is 2. The Morgan fingerprint density at radius 2 is 2.09 bits per heavy atom. The molecule has 0 spiro atoms. The second-order valence-electron chi connectivity index (χ2n) is 6.33. The molecule has 2 aliphatic heterocycles. The van der Waals surface area contributed by atoms with Gasteiger partial charge in [0.1, 0.15) is 5.75 Å². The van der Waals surface area contributed by atoms with Gasteiger partial charge in [-0.2, -0.15) is 5.26 Å². The summed E-state index contributed by atoms with van der Waals surface area (Å²) in [6.07, 6.45) is 0. The number of hydrogen-bond donors (Lipinski definition) is 0. The van der Waals surface area contributed by atoms with E-state index in [9.17, 15) is 0 Å². The van der Waals surface area contributed by atoms with E-state index in [1.165, 1.54) is 15.6 Å². The van der Waals surface area contributed by atoms with Crippen LogP contribution in [0.5, 0.6) is 5.75 Å². The summed E-state index contributed by atoms with van der Waals surface area (Å²) in [5, 5.41) is 9.15. The smallest absolute Gasteiger partial charge is 0.122 e. The number of rotatable bonds is 2. The molecule has 4 heteroatoms. The van der Waals surface area contributed by atoms with Gasteiger partial charge in [0.15, 0.2) is 0 Å². The summed E-state index contributed by atoms with van der Waals surface area (Å²) in [5.74, 6) is 1.93. The molecule has 0 saturated carbocycles. The molecule has 23 heavy (non-hydrogen) atoms. The van der Waals surface area contributed by atoms with Crippen LogP contribution >= 0.6 is 15.9 Å². The zero-order valence-electron chi connectivity index (χ0n) is 12.7. The fraction of sp³-hybridized carbons (Fsp3) is 0.316. The van der Waals surface area contributed by atoms with E-state index in [0.29, 0.717) is 11.8 Å². The van der Waals surface area contributed by atoms with Gasteiger partial charge in [-0.3, -0.25) is 4.90 Å². The Labute approximate surface area is 144 Å². The Kier molecular flexibility index (Phi) is 3.84. The van der Waals surface area contributed by atoms with Crippen LogP contribution in [0, 0.1) is 17.2 Å². The molecule has 2 aromatic rings. The quantitative estimate of drug-likeness (QED) is 0.805. The lowest BCUT2D eigenvalue weighted by Gasteiger charge is -2.27. The second-order valence-corrected chi connectivity index (χ2v) is 7.18. The van der Waals surface area contributed by atoms with Crippen LogP contribution in [-0.2, 0) is 6.54 Å². The minimum absolute atomic E-state index is 0.467. The van der Waals surface area contributed by atoms with E-state index in [4.69, 9.17) is 10.00 Å². The number of likely N-dealkylation sites (tertiary alicyclic amines) is 1. The normalized spacial score (nSPS) is 22.8. The number of fused-ring (bicyclic) bond motifs is 3. The van der Waals surface area contributed by atoms with Crippen molar-refractivity contribution in [3.05, 3.63) is 63.6 Å². The molecule has 4 rings (SSSR count). The minimum Gasteiger partial charge on any atom is -0.493 e. The molecule has 0 aromatic heterocycles. The maximum Gasteiger partial charge on any atom is 0.122 e. The highest BCUT2D eigenvalue weighted by Crippen LogP contribution is 2.42. The van der Waals surface area contributed by atoms with Gasteiger partial charge in [-0.1, -0.05) is 34.1 Å². The first-order valence-corrected chi connectivity index (χ1v) is 8.66. The highest BCUT2D eigenvalue weighted by atomic mass is 79.9. The van der Waals surface area contributed by atoms with Crippen molar-refractivity contribution in [1.82, 2.24) is 4.90 Å². The van der Waals surface area contributed by atoms with Crippen molar-refractivity contribution >= 4 is 15.9 Å². The van der Waals surface area contributed by atoms with Gasteiger partial charge in [0.05, 0.1) is 18.2 Å². The largest absolute Gasteiger partial charge is 0.493 e. The van der Waals surface area contributed by atoms with Crippen molar-refractivity contribution in [2.45, 2.75) is 12.5 Å². The van der Waals surface area contributed by atoms with Crippen molar-refractivity contribution in [1.29, 1.82) is 5.26 Å². The summed E-state index contributed by atoms with van der Waals surface area (Å²) < 4.78 is 7.08. The van der Waals surface area contributed by atoms with E-state index in [0.717, 1.165) is 37.6 Å². The Balaban J connectivity index is 1.57. The van der Waals surface area contributed by atoms with Gasteiger partial charge >= 0.3 is 0 Å². The average molecular weight is 369 g/mol. The van der Waals surface area contributed by atoms with Crippen LogP contribution in [0.1, 0.15) is 22.6 Å². The van der Waals surface area contributed by atoms with Crippen LogP contribution in [0.2, 0.25) is 0 Å². The van der Waals surface area contributed by atoms with E-state index in [1.807, 2.05) is 24.3 Å². The highest BCUT2D eigenvalue weighted by Gasteiger charge is 2.38. The summed E-state index contributed by atoms with van der Waals surface area (Å²) in [4.78, 5) is 2.49. The van der Waals surface area contributed by atoms with Gasteiger partial charge in [0, 0.05) is 41.5 Å². The van der Waals surface area contributed by atoms with Gasteiger partial charge in [0.25, 0.3) is 0 Å². The fourth-order valence-electron chi connectivity index (χ4n) is 3.71. The van der Waals surface area contributed by atoms with E-state index in [1.54, 1.807) is 0 Å². The SMILES string of the molecule is N#Cc1ccc2c(c1)C1CN(Cc3ccccc3Br)CC1CO2. The summed E-state index contributed by atoms with van der Waals surface area (Å²) >= 11 is 3.64. The predicted molar refractivity (Wildman–Crippen MR) is 92.3 cm³/mol. The van der Waals surface area contributed by atoms with Crippen molar-refractivity contribution in [2.75, 3.05) is 19.7 Å². The number of hydrogen-bond acceptors (Lipinski definition) is 3. The molecular weight excluding hydrogens is 352 g/mol. The van der Waals surface area contributed by atoms with Gasteiger partial charge < -0.3 is 4.74 Å². The molecule has 0 N–H and O–H groups in total. The van der Waals surface area contributed by atoms with E-state index in [-0.39, 0.29) is 0 Å². The van der Waals surface area contributed by atoms with E-state index in [2.05, 4.69) is 45.1 Å². The third-order valence-electron chi connectivity index (χ3n) is 4.86. The van der Waals surface area contributed by atoms with Crippen molar-refractivity contribution in [3.63, 3.8) is 0 Å². The van der Waals surface area contributed by atoms with Crippen molar-refractivity contribution < 1.29 is 4.74 Å². The van der Waals surface area contributed by atoms with Gasteiger partial charge in [0.2, 0.25) is 0 Å². The lowest BCUT2D eigenvalue weighted by atomic mass is 9.86. The molecule has 1 fully saturated rings. The third kappa shape index (κ3) is 2.75. The molecule has 0 radical (unpaired) electrons. The zero-order valence-corrected chi connectivity index (χ0v) is 14.3. The first-order chi connectivity index (χ1) is 11.2. The highest BCUT2D eigenvalue weighted by molar-refractivity contribution is 9.10. The van der Waals surface area contributed by atoms with Crippen LogP contribution in [-0.4, -0.2) is 24.6 Å². The van der Waals surface area contributed by atoms with Crippen LogP contribution in [0.4, 0.5) is 0 Å². The standard InChI is InChI=1S/C19H17BrN2O/c20-18-4-2-1-3-14(18)9-22-10-15-12-23-19-6-5-13(8-21)7-16(19)17(15)11-22/h1-7,15,17H,9-12H2. The third-order valence-corrected chi connectivity index (χ3v) is 5.63. The van der Waals surface area contributed by atoms with Gasteiger partial charge in [-0.25, -0.2) is 0 Å². The summed E-state index contributed by atoms with van der Waals surface area (Å²) in [6.45, 7) is 3.79. The molecule has 0 aliphatic carbocycles. The Morgan fingerprint density at radius 1 is 1.22 bits per heavy atom. The molecule has 0 bridgehead atoms. The number of nitriles is 1. The van der Waals surface area contributed by atoms with Crippen LogP contribution in [0.3, 0.4) is 0 Å².